The summed E-state index contributed by atoms with van der Waals surface area (Å²) >= 11 is 0. The van der Waals surface area contributed by atoms with Gasteiger partial charge in [-0.25, -0.2) is 0 Å². The minimum absolute atomic E-state index is 0.00546. The number of aliphatic carboxylic acids is 1. The molecule has 2 aliphatic rings. The molecule has 102 valence electrons. The molecule has 3 rings (SSSR count). The van der Waals surface area contributed by atoms with E-state index in [4.69, 9.17) is 9.84 Å². The van der Waals surface area contributed by atoms with Crippen LogP contribution < -0.4 is 4.74 Å². The van der Waals surface area contributed by atoms with Crippen LogP contribution in [0.3, 0.4) is 0 Å². The molecular formula is C15H19NO3. The van der Waals surface area contributed by atoms with Gasteiger partial charge in [-0.05, 0) is 43.1 Å². The van der Waals surface area contributed by atoms with Gasteiger partial charge in [0.15, 0.2) is 0 Å². The highest BCUT2D eigenvalue weighted by molar-refractivity contribution is 5.68. The van der Waals surface area contributed by atoms with E-state index in [1.807, 2.05) is 12.1 Å². The summed E-state index contributed by atoms with van der Waals surface area (Å²) in [6.07, 6.45) is 3.46. The number of ether oxygens (including phenoxy) is 1. The Balaban J connectivity index is 1.87. The predicted molar refractivity (Wildman–Crippen MR) is 71.4 cm³/mol. The van der Waals surface area contributed by atoms with E-state index in [0.717, 1.165) is 37.4 Å². The third kappa shape index (κ3) is 2.59. The molecule has 0 radical (unpaired) electrons. The fourth-order valence-corrected chi connectivity index (χ4v) is 3.09. The molecule has 1 fully saturated rings. The quantitative estimate of drug-likeness (QED) is 0.903. The Morgan fingerprint density at radius 3 is 2.89 bits per heavy atom. The predicted octanol–water partition coefficient (Wildman–Crippen LogP) is 2.23. The first-order valence-corrected chi connectivity index (χ1v) is 6.95. The van der Waals surface area contributed by atoms with E-state index in [-0.39, 0.29) is 12.5 Å². The zero-order valence-corrected chi connectivity index (χ0v) is 11.0. The molecule has 1 unspecified atom stereocenters. The second-order valence-electron chi connectivity index (χ2n) is 5.32. The van der Waals surface area contributed by atoms with Crippen molar-refractivity contribution in [3.8, 4) is 5.75 Å². The maximum atomic E-state index is 11.1. The third-order valence-corrected chi connectivity index (χ3v) is 4.05. The van der Waals surface area contributed by atoms with Gasteiger partial charge in [-0.15, -0.1) is 0 Å². The number of fused-ring (bicyclic) bond motifs is 1. The molecular weight excluding hydrogens is 242 g/mol. The molecule has 0 aromatic heterocycles. The number of hydrogen-bond acceptors (Lipinski definition) is 3. The molecule has 2 aliphatic heterocycles. The van der Waals surface area contributed by atoms with Crippen molar-refractivity contribution in [2.45, 2.75) is 31.7 Å². The first kappa shape index (κ1) is 12.5. The lowest BCUT2D eigenvalue weighted by Crippen LogP contribution is -2.27. The van der Waals surface area contributed by atoms with E-state index < -0.39 is 5.97 Å². The molecule has 0 aliphatic carbocycles. The van der Waals surface area contributed by atoms with Crippen molar-refractivity contribution in [2.24, 2.45) is 0 Å². The third-order valence-electron chi connectivity index (χ3n) is 4.05. The van der Waals surface area contributed by atoms with Crippen molar-refractivity contribution < 1.29 is 14.6 Å². The zero-order chi connectivity index (χ0) is 13.2. The Labute approximate surface area is 113 Å². The van der Waals surface area contributed by atoms with E-state index >= 15 is 0 Å². The molecule has 1 N–H and O–H groups in total. The van der Waals surface area contributed by atoms with Gasteiger partial charge in [0.2, 0.25) is 0 Å². The van der Waals surface area contributed by atoms with Crippen LogP contribution in [0.4, 0.5) is 0 Å². The summed E-state index contributed by atoms with van der Waals surface area (Å²) in [4.78, 5) is 13.4. The molecule has 0 amide bonds. The lowest BCUT2D eigenvalue weighted by Gasteiger charge is -2.27. The van der Waals surface area contributed by atoms with Crippen molar-refractivity contribution >= 4 is 5.97 Å². The molecule has 1 saturated heterocycles. The largest absolute Gasteiger partial charge is 0.493 e. The van der Waals surface area contributed by atoms with Gasteiger partial charge in [0.05, 0.1) is 13.0 Å². The number of carbonyl (C=O) groups is 1. The van der Waals surface area contributed by atoms with Crippen molar-refractivity contribution in [3.05, 3.63) is 29.3 Å². The smallest absolute Gasteiger partial charge is 0.305 e. The number of carboxylic acids is 1. The topological polar surface area (TPSA) is 49.8 Å². The van der Waals surface area contributed by atoms with Crippen molar-refractivity contribution in [1.82, 2.24) is 4.90 Å². The Hall–Kier alpha value is -1.55. The summed E-state index contributed by atoms with van der Waals surface area (Å²) in [6.45, 7) is 2.75. The molecule has 1 aromatic carbocycles. The van der Waals surface area contributed by atoms with Gasteiger partial charge in [-0.2, -0.15) is 0 Å². The van der Waals surface area contributed by atoms with Gasteiger partial charge in [-0.3, -0.25) is 9.69 Å². The monoisotopic (exact) mass is 261 g/mol. The van der Waals surface area contributed by atoms with Crippen LogP contribution in [0.5, 0.6) is 5.75 Å². The van der Waals surface area contributed by atoms with E-state index in [0.29, 0.717) is 0 Å². The fraction of sp³-hybridized carbons (Fsp3) is 0.533. The molecule has 0 bridgehead atoms. The maximum Gasteiger partial charge on any atom is 0.305 e. The number of rotatable bonds is 4. The minimum Gasteiger partial charge on any atom is -0.493 e. The molecule has 4 nitrogen and oxygen atoms in total. The number of benzene rings is 1. The van der Waals surface area contributed by atoms with Crippen LogP contribution in [0.15, 0.2) is 18.2 Å². The van der Waals surface area contributed by atoms with Gasteiger partial charge >= 0.3 is 5.97 Å². The Bertz CT molecular complexity index is 480. The maximum absolute atomic E-state index is 11.1. The van der Waals surface area contributed by atoms with Gasteiger partial charge in [-0.1, -0.05) is 12.1 Å². The second kappa shape index (κ2) is 5.21. The molecule has 0 saturated carbocycles. The van der Waals surface area contributed by atoms with Gasteiger partial charge in [0.1, 0.15) is 5.75 Å². The van der Waals surface area contributed by atoms with E-state index in [1.54, 1.807) is 0 Å². The van der Waals surface area contributed by atoms with Gasteiger partial charge < -0.3 is 9.84 Å². The second-order valence-corrected chi connectivity index (χ2v) is 5.32. The summed E-state index contributed by atoms with van der Waals surface area (Å²) in [5.74, 6) is 0.230. The lowest BCUT2D eigenvalue weighted by atomic mass is 9.99. The first-order valence-electron chi connectivity index (χ1n) is 6.95. The Morgan fingerprint density at radius 2 is 2.16 bits per heavy atom. The summed E-state index contributed by atoms with van der Waals surface area (Å²) in [5, 5.41) is 9.15. The Kier molecular flexibility index (Phi) is 3.42. The first-order chi connectivity index (χ1) is 9.24. The van der Waals surface area contributed by atoms with Crippen molar-refractivity contribution in [2.75, 3.05) is 19.7 Å². The summed E-state index contributed by atoms with van der Waals surface area (Å²) in [5.41, 5.74) is 2.33. The summed E-state index contributed by atoms with van der Waals surface area (Å²) in [7, 11) is 0. The molecule has 19 heavy (non-hydrogen) atoms. The molecule has 4 heteroatoms. The van der Waals surface area contributed by atoms with Crippen molar-refractivity contribution in [1.29, 1.82) is 0 Å². The Morgan fingerprint density at radius 1 is 1.37 bits per heavy atom. The molecule has 2 heterocycles. The van der Waals surface area contributed by atoms with Crippen LogP contribution in [0.25, 0.3) is 0 Å². The highest BCUT2D eigenvalue weighted by Crippen LogP contribution is 2.33. The SMILES string of the molecule is O=C(O)CC(c1ccc2c(c1)CCO2)N1CCCC1. The highest BCUT2D eigenvalue weighted by Gasteiger charge is 2.26. The summed E-state index contributed by atoms with van der Waals surface area (Å²) in [6, 6.07) is 6.15. The molecule has 1 aromatic rings. The van der Waals surface area contributed by atoms with Crippen LogP contribution in [0.1, 0.15) is 36.4 Å². The van der Waals surface area contributed by atoms with Crippen LogP contribution in [0, 0.1) is 0 Å². The van der Waals surface area contributed by atoms with Crippen LogP contribution >= 0.6 is 0 Å². The number of carboxylic acid groups (broad SMARTS) is 1. The average Bonchev–Trinajstić information content (AvgIpc) is 3.06. The number of hydrogen-bond donors (Lipinski definition) is 1. The van der Waals surface area contributed by atoms with Crippen LogP contribution in [-0.2, 0) is 11.2 Å². The fourth-order valence-electron chi connectivity index (χ4n) is 3.09. The lowest BCUT2D eigenvalue weighted by molar-refractivity contribution is -0.138. The van der Waals surface area contributed by atoms with Crippen LogP contribution in [0.2, 0.25) is 0 Å². The van der Waals surface area contributed by atoms with E-state index in [2.05, 4.69) is 11.0 Å². The summed E-state index contributed by atoms with van der Waals surface area (Å²) < 4.78 is 5.51. The molecule has 0 spiro atoms. The van der Waals surface area contributed by atoms with Crippen LogP contribution in [-0.4, -0.2) is 35.7 Å². The molecule has 1 atom stereocenters. The normalized spacial score (nSPS) is 20.0. The minimum atomic E-state index is -0.728. The number of nitrogens with zero attached hydrogens (tertiary/aromatic N) is 1. The number of likely N-dealkylation sites (tertiary alicyclic amines) is 1. The standard InChI is InChI=1S/C15H19NO3/c17-15(18)10-13(16-6-1-2-7-16)11-3-4-14-12(9-11)5-8-19-14/h3-4,9,13H,1-2,5-8,10H2,(H,17,18). The van der Waals surface area contributed by atoms with Gasteiger partial charge in [0, 0.05) is 12.5 Å². The highest BCUT2D eigenvalue weighted by atomic mass is 16.5. The zero-order valence-electron chi connectivity index (χ0n) is 11.0. The van der Waals surface area contributed by atoms with Gasteiger partial charge in [0.25, 0.3) is 0 Å². The van der Waals surface area contributed by atoms with Crippen molar-refractivity contribution in [3.63, 3.8) is 0 Å². The van der Waals surface area contributed by atoms with E-state index in [1.165, 1.54) is 18.4 Å². The van der Waals surface area contributed by atoms with E-state index in [9.17, 15) is 4.79 Å². The average molecular weight is 261 g/mol.